The smallest absolute Gasteiger partial charge is 0.373 e. The third-order valence-corrected chi connectivity index (χ3v) is 3.46. The topological polar surface area (TPSA) is 103 Å². The average molecular weight is 337 g/mol. The minimum Gasteiger partial charge on any atom is -0.434 e. The lowest BCUT2D eigenvalue weighted by Gasteiger charge is -2.09. The predicted octanol–water partition coefficient (Wildman–Crippen LogP) is 3.88. The van der Waals surface area contributed by atoms with Crippen LogP contribution in [0.1, 0.15) is 12.5 Å². The van der Waals surface area contributed by atoms with Crippen LogP contribution >= 0.6 is 0 Å². The molecule has 3 rings (SSSR count). The number of nitrogens with zero attached hydrogens (tertiary/aromatic N) is 4. The molecule has 1 aromatic carbocycles. The number of anilines is 2. The molecule has 2 heterocycles. The second-order valence-electron chi connectivity index (χ2n) is 5.09. The molecule has 25 heavy (non-hydrogen) atoms. The minimum absolute atomic E-state index is 0.0476. The van der Waals surface area contributed by atoms with Crippen molar-refractivity contribution < 1.29 is 9.66 Å². The van der Waals surface area contributed by atoms with Crippen molar-refractivity contribution in [3.05, 3.63) is 70.8 Å². The summed E-state index contributed by atoms with van der Waals surface area (Å²) in [6.07, 6.45) is 5.25. The fraction of sp³-hybridized carbons (Fsp3) is 0.118. The first kappa shape index (κ1) is 16.3. The van der Waals surface area contributed by atoms with Crippen LogP contribution in [0.4, 0.5) is 17.2 Å². The summed E-state index contributed by atoms with van der Waals surface area (Å²) < 4.78 is 5.60. The molecular weight excluding hydrogens is 322 g/mol. The van der Waals surface area contributed by atoms with Gasteiger partial charge in [0, 0.05) is 18.1 Å². The van der Waals surface area contributed by atoms with Gasteiger partial charge in [0.05, 0.1) is 4.92 Å². The largest absolute Gasteiger partial charge is 0.434 e. The van der Waals surface area contributed by atoms with Crippen molar-refractivity contribution in [2.75, 3.05) is 5.32 Å². The molecule has 8 heteroatoms. The molecule has 2 aromatic heterocycles. The Morgan fingerprint density at radius 2 is 1.84 bits per heavy atom. The molecule has 126 valence electrons. The number of aromatic nitrogens is 3. The Balaban J connectivity index is 1.93. The van der Waals surface area contributed by atoms with Gasteiger partial charge in [-0.15, -0.1) is 0 Å². The van der Waals surface area contributed by atoms with Crippen LogP contribution in [-0.4, -0.2) is 19.9 Å². The average Bonchev–Trinajstić information content (AvgIpc) is 2.63. The van der Waals surface area contributed by atoms with Crippen molar-refractivity contribution in [1.82, 2.24) is 15.0 Å². The van der Waals surface area contributed by atoms with E-state index in [1.807, 2.05) is 19.1 Å². The molecule has 0 amide bonds. The van der Waals surface area contributed by atoms with Gasteiger partial charge in [-0.2, -0.15) is 4.98 Å². The maximum absolute atomic E-state index is 11.5. The first-order valence-electron chi connectivity index (χ1n) is 7.60. The Kier molecular flexibility index (Phi) is 4.79. The van der Waals surface area contributed by atoms with Crippen molar-refractivity contribution in [2.45, 2.75) is 13.3 Å². The van der Waals surface area contributed by atoms with E-state index < -0.39 is 4.92 Å². The monoisotopic (exact) mass is 337 g/mol. The number of pyridine rings is 1. The highest BCUT2D eigenvalue weighted by Crippen LogP contribution is 2.35. The van der Waals surface area contributed by atoms with Crippen LogP contribution in [0.25, 0.3) is 0 Å². The van der Waals surface area contributed by atoms with E-state index in [0.29, 0.717) is 11.4 Å². The van der Waals surface area contributed by atoms with Crippen molar-refractivity contribution in [3.8, 4) is 11.6 Å². The third-order valence-electron chi connectivity index (χ3n) is 3.46. The molecule has 0 fully saturated rings. The van der Waals surface area contributed by atoms with Crippen molar-refractivity contribution >= 4 is 17.2 Å². The van der Waals surface area contributed by atoms with Crippen molar-refractivity contribution in [2.24, 2.45) is 0 Å². The number of rotatable bonds is 6. The summed E-state index contributed by atoms with van der Waals surface area (Å²) in [6.45, 7) is 2.04. The fourth-order valence-electron chi connectivity index (χ4n) is 2.17. The Labute approximate surface area is 143 Å². The van der Waals surface area contributed by atoms with E-state index in [2.05, 4.69) is 20.3 Å². The van der Waals surface area contributed by atoms with Crippen LogP contribution in [0.15, 0.2) is 55.1 Å². The highest BCUT2D eigenvalue weighted by molar-refractivity contribution is 5.68. The molecule has 8 nitrogen and oxygen atoms in total. The molecule has 0 spiro atoms. The summed E-state index contributed by atoms with van der Waals surface area (Å²) in [5.41, 5.74) is 1.43. The molecule has 0 aliphatic carbocycles. The standard InChI is InChI=1S/C17H15N5O3/c1-2-12-3-5-14(6-4-12)25-17-15(22(23)24)16(19-11-20-17)21-13-7-9-18-10-8-13/h3-11H,2H2,1H3,(H,18,19,20,21). The highest BCUT2D eigenvalue weighted by atomic mass is 16.6. The zero-order valence-corrected chi connectivity index (χ0v) is 13.4. The van der Waals surface area contributed by atoms with E-state index in [4.69, 9.17) is 4.74 Å². The zero-order valence-electron chi connectivity index (χ0n) is 13.4. The molecular formula is C17H15N5O3. The second-order valence-corrected chi connectivity index (χ2v) is 5.09. The van der Waals surface area contributed by atoms with Crippen LogP contribution in [0.2, 0.25) is 0 Å². The molecule has 3 aromatic rings. The van der Waals surface area contributed by atoms with Gasteiger partial charge in [0.2, 0.25) is 5.82 Å². The number of nitro groups is 1. The lowest BCUT2D eigenvalue weighted by atomic mass is 10.2. The van der Waals surface area contributed by atoms with Gasteiger partial charge in [0.1, 0.15) is 12.1 Å². The molecule has 0 radical (unpaired) electrons. The lowest BCUT2D eigenvalue weighted by molar-refractivity contribution is -0.385. The molecule has 0 unspecified atom stereocenters. The number of hydrogen-bond donors (Lipinski definition) is 1. The molecule has 1 N–H and O–H groups in total. The summed E-state index contributed by atoms with van der Waals surface area (Å²) >= 11 is 0. The maximum Gasteiger partial charge on any atom is 0.373 e. The zero-order chi connectivity index (χ0) is 17.6. The highest BCUT2D eigenvalue weighted by Gasteiger charge is 2.25. The van der Waals surface area contributed by atoms with E-state index in [0.717, 1.165) is 12.0 Å². The summed E-state index contributed by atoms with van der Waals surface area (Å²) in [4.78, 5) is 22.7. The Hall–Kier alpha value is -3.55. The number of hydrogen-bond acceptors (Lipinski definition) is 7. The molecule has 0 bridgehead atoms. The van der Waals surface area contributed by atoms with Crippen LogP contribution in [0, 0.1) is 10.1 Å². The van der Waals surface area contributed by atoms with E-state index in [-0.39, 0.29) is 17.4 Å². The van der Waals surface area contributed by atoms with Crippen molar-refractivity contribution in [1.29, 1.82) is 0 Å². The molecule has 0 aliphatic rings. The lowest BCUT2D eigenvalue weighted by Crippen LogP contribution is -2.03. The number of nitrogens with one attached hydrogen (secondary N) is 1. The fourth-order valence-corrected chi connectivity index (χ4v) is 2.17. The van der Waals surface area contributed by atoms with Gasteiger partial charge in [-0.1, -0.05) is 19.1 Å². The van der Waals surface area contributed by atoms with Gasteiger partial charge in [0.25, 0.3) is 0 Å². The molecule has 0 saturated heterocycles. The van der Waals surface area contributed by atoms with Crippen LogP contribution in [0.5, 0.6) is 11.6 Å². The van der Waals surface area contributed by atoms with Crippen LogP contribution in [-0.2, 0) is 6.42 Å². The van der Waals surface area contributed by atoms with E-state index in [1.54, 1.807) is 36.7 Å². The van der Waals surface area contributed by atoms with Gasteiger partial charge in [-0.05, 0) is 36.2 Å². The first-order valence-corrected chi connectivity index (χ1v) is 7.60. The second kappa shape index (κ2) is 7.35. The normalized spacial score (nSPS) is 10.3. The van der Waals surface area contributed by atoms with Crippen LogP contribution in [0.3, 0.4) is 0 Å². The van der Waals surface area contributed by atoms with Gasteiger partial charge < -0.3 is 10.1 Å². The summed E-state index contributed by atoms with van der Waals surface area (Å²) in [6, 6.07) is 10.7. The summed E-state index contributed by atoms with van der Waals surface area (Å²) in [5.74, 6) is 0.390. The summed E-state index contributed by atoms with van der Waals surface area (Å²) in [5, 5.41) is 14.4. The van der Waals surface area contributed by atoms with Gasteiger partial charge >= 0.3 is 11.6 Å². The Bertz CT molecular complexity index is 869. The van der Waals surface area contributed by atoms with E-state index in [9.17, 15) is 10.1 Å². The minimum atomic E-state index is -0.570. The Morgan fingerprint density at radius 1 is 1.12 bits per heavy atom. The number of aryl methyl sites for hydroxylation is 1. The maximum atomic E-state index is 11.5. The van der Waals surface area contributed by atoms with Gasteiger partial charge in [0.15, 0.2) is 0 Å². The molecule has 0 aliphatic heterocycles. The first-order chi connectivity index (χ1) is 12.2. The molecule has 0 atom stereocenters. The summed E-state index contributed by atoms with van der Waals surface area (Å²) in [7, 11) is 0. The predicted molar refractivity (Wildman–Crippen MR) is 92.1 cm³/mol. The molecule has 0 saturated carbocycles. The van der Waals surface area contributed by atoms with Gasteiger partial charge in [-0.3, -0.25) is 15.1 Å². The SMILES string of the molecule is CCc1ccc(Oc2ncnc(Nc3ccncc3)c2[N+](=O)[O-])cc1. The number of benzene rings is 1. The van der Waals surface area contributed by atoms with Crippen molar-refractivity contribution in [3.63, 3.8) is 0 Å². The van der Waals surface area contributed by atoms with E-state index in [1.165, 1.54) is 6.33 Å². The number of ether oxygens (including phenoxy) is 1. The Morgan fingerprint density at radius 3 is 2.48 bits per heavy atom. The van der Waals surface area contributed by atoms with Gasteiger partial charge in [-0.25, -0.2) is 4.98 Å². The van der Waals surface area contributed by atoms with Crippen LogP contribution < -0.4 is 10.1 Å². The quantitative estimate of drug-likeness (QED) is 0.537. The van der Waals surface area contributed by atoms with E-state index >= 15 is 0 Å². The third kappa shape index (κ3) is 3.86.